The van der Waals surface area contributed by atoms with Crippen molar-refractivity contribution < 1.29 is 0 Å². The molecule has 1 saturated carbocycles. The molecule has 0 amide bonds. The Bertz CT molecular complexity index is 243. The summed E-state index contributed by atoms with van der Waals surface area (Å²) in [6.45, 7) is 9.61. The van der Waals surface area contributed by atoms with Crippen molar-refractivity contribution >= 4 is 0 Å². The Morgan fingerprint density at radius 2 is 1.93 bits per heavy atom. The molecule has 1 saturated heterocycles. The highest BCUT2D eigenvalue weighted by atomic mass is 15.2. The van der Waals surface area contributed by atoms with Gasteiger partial charge in [-0.1, -0.05) is 0 Å². The fourth-order valence-corrected chi connectivity index (χ4v) is 3.34. The maximum atomic E-state index is 2.61. The van der Waals surface area contributed by atoms with Crippen LogP contribution in [0.5, 0.6) is 0 Å². The molecule has 2 rings (SSSR count). The van der Waals surface area contributed by atoms with Crippen LogP contribution in [0.4, 0.5) is 0 Å². The van der Waals surface area contributed by atoms with Crippen LogP contribution in [0.1, 0.15) is 40.0 Å². The molecule has 0 N–H and O–H groups in total. The summed E-state index contributed by atoms with van der Waals surface area (Å²) in [6.07, 6.45) is 4.26. The van der Waals surface area contributed by atoms with Crippen molar-refractivity contribution in [2.75, 3.05) is 27.2 Å². The molecular formula is C13H26N2. The van der Waals surface area contributed by atoms with Crippen LogP contribution in [0, 0.1) is 5.41 Å². The summed E-state index contributed by atoms with van der Waals surface area (Å²) in [5, 5.41) is 0. The van der Waals surface area contributed by atoms with Crippen LogP contribution in [-0.4, -0.2) is 48.6 Å². The zero-order valence-electron chi connectivity index (χ0n) is 11.0. The summed E-state index contributed by atoms with van der Waals surface area (Å²) >= 11 is 0. The summed E-state index contributed by atoms with van der Waals surface area (Å²) in [4.78, 5) is 5.11. The fourth-order valence-electron chi connectivity index (χ4n) is 3.34. The number of nitrogens with zero attached hydrogens (tertiary/aromatic N) is 2. The van der Waals surface area contributed by atoms with Crippen molar-refractivity contribution in [1.29, 1.82) is 0 Å². The fraction of sp³-hybridized carbons (Fsp3) is 1.00. The first kappa shape index (κ1) is 11.4. The van der Waals surface area contributed by atoms with Gasteiger partial charge in [0.2, 0.25) is 0 Å². The molecule has 2 heteroatoms. The SMILES string of the molecule is CN1CCC2(CCC2N(C)C(C)(C)C)C1. The lowest BCUT2D eigenvalue weighted by molar-refractivity contribution is -0.0459. The van der Waals surface area contributed by atoms with Crippen LogP contribution in [0.2, 0.25) is 0 Å². The molecule has 0 aromatic carbocycles. The zero-order valence-corrected chi connectivity index (χ0v) is 11.0. The monoisotopic (exact) mass is 210 g/mol. The standard InChI is InChI=1S/C13H26N2/c1-12(2,3)15(5)11-6-7-13(11)8-9-14(4)10-13/h11H,6-10H2,1-5H3. The van der Waals surface area contributed by atoms with E-state index in [0.717, 1.165) is 6.04 Å². The van der Waals surface area contributed by atoms with Gasteiger partial charge in [-0.15, -0.1) is 0 Å². The van der Waals surface area contributed by atoms with E-state index in [2.05, 4.69) is 44.7 Å². The molecular weight excluding hydrogens is 184 g/mol. The summed E-state index contributed by atoms with van der Waals surface area (Å²) in [5.74, 6) is 0. The van der Waals surface area contributed by atoms with Gasteiger partial charge < -0.3 is 4.90 Å². The van der Waals surface area contributed by atoms with E-state index in [4.69, 9.17) is 0 Å². The molecule has 2 nitrogen and oxygen atoms in total. The minimum Gasteiger partial charge on any atom is -0.306 e. The summed E-state index contributed by atoms with van der Waals surface area (Å²) in [7, 11) is 4.57. The molecule has 15 heavy (non-hydrogen) atoms. The first-order chi connectivity index (χ1) is 6.85. The quantitative estimate of drug-likeness (QED) is 0.654. The molecule has 2 atom stereocenters. The Morgan fingerprint density at radius 1 is 1.27 bits per heavy atom. The van der Waals surface area contributed by atoms with Crippen LogP contribution in [0.25, 0.3) is 0 Å². The lowest BCUT2D eigenvalue weighted by Gasteiger charge is -2.55. The van der Waals surface area contributed by atoms with Crippen molar-refractivity contribution in [3.05, 3.63) is 0 Å². The number of hydrogen-bond acceptors (Lipinski definition) is 2. The van der Waals surface area contributed by atoms with Crippen molar-refractivity contribution in [3.63, 3.8) is 0 Å². The Balaban J connectivity index is 2.06. The number of rotatable bonds is 1. The molecule has 1 heterocycles. The largest absolute Gasteiger partial charge is 0.306 e. The van der Waals surface area contributed by atoms with Crippen LogP contribution >= 0.6 is 0 Å². The maximum absolute atomic E-state index is 2.61. The van der Waals surface area contributed by atoms with Gasteiger partial charge in [-0.25, -0.2) is 0 Å². The van der Waals surface area contributed by atoms with Gasteiger partial charge in [0.05, 0.1) is 0 Å². The molecule has 2 aliphatic rings. The van der Waals surface area contributed by atoms with E-state index in [1.807, 2.05) is 0 Å². The van der Waals surface area contributed by atoms with Gasteiger partial charge in [0.15, 0.2) is 0 Å². The van der Waals surface area contributed by atoms with E-state index in [-0.39, 0.29) is 0 Å². The third kappa shape index (κ3) is 1.83. The van der Waals surface area contributed by atoms with E-state index in [0.29, 0.717) is 11.0 Å². The summed E-state index contributed by atoms with van der Waals surface area (Å²) < 4.78 is 0. The van der Waals surface area contributed by atoms with Gasteiger partial charge >= 0.3 is 0 Å². The lowest BCUT2D eigenvalue weighted by atomic mass is 9.62. The second kappa shape index (κ2) is 3.46. The van der Waals surface area contributed by atoms with Gasteiger partial charge in [0, 0.05) is 18.1 Å². The van der Waals surface area contributed by atoms with Crippen molar-refractivity contribution in [2.24, 2.45) is 5.41 Å². The van der Waals surface area contributed by atoms with Crippen molar-refractivity contribution in [1.82, 2.24) is 9.80 Å². The summed E-state index contributed by atoms with van der Waals surface area (Å²) in [6, 6.07) is 0.822. The van der Waals surface area contributed by atoms with E-state index in [1.54, 1.807) is 0 Å². The first-order valence-corrected chi connectivity index (χ1v) is 6.27. The van der Waals surface area contributed by atoms with Gasteiger partial charge in [0.1, 0.15) is 0 Å². The van der Waals surface area contributed by atoms with Gasteiger partial charge in [0.25, 0.3) is 0 Å². The molecule has 0 aromatic heterocycles. The van der Waals surface area contributed by atoms with E-state index >= 15 is 0 Å². The molecule has 1 aliphatic carbocycles. The third-order valence-corrected chi connectivity index (χ3v) is 4.72. The smallest absolute Gasteiger partial charge is 0.0167 e. The topological polar surface area (TPSA) is 6.48 Å². The highest BCUT2D eigenvalue weighted by Gasteiger charge is 2.52. The molecule has 0 radical (unpaired) electrons. The Labute approximate surface area is 94.6 Å². The highest BCUT2D eigenvalue weighted by molar-refractivity contribution is 5.07. The Morgan fingerprint density at radius 3 is 2.27 bits per heavy atom. The van der Waals surface area contributed by atoms with Gasteiger partial charge in [-0.2, -0.15) is 0 Å². The lowest BCUT2D eigenvalue weighted by Crippen LogP contribution is -2.59. The van der Waals surface area contributed by atoms with Gasteiger partial charge in [-0.05, 0) is 66.1 Å². The Kier molecular flexibility index (Phi) is 2.63. The van der Waals surface area contributed by atoms with Crippen LogP contribution in [0.3, 0.4) is 0 Å². The highest BCUT2D eigenvalue weighted by Crippen LogP contribution is 2.51. The zero-order chi connectivity index (χ0) is 11.3. The molecule has 1 aliphatic heterocycles. The third-order valence-electron chi connectivity index (χ3n) is 4.72. The second-order valence-corrected chi connectivity index (χ2v) is 6.69. The minimum atomic E-state index is 0.319. The van der Waals surface area contributed by atoms with Crippen molar-refractivity contribution in [3.8, 4) is 0 Å². The predicted molar refractivity (Wildman–Crippen MR) is 65.1 cm³/mol. The average molecular weight is 210 g/mol. The van der Waals surface area contributed by atoms with E-state index in [1.165, 1.54) is 32.4 Å². The van der Waals surface area contributed by atoms with Crippen LogP contribution in [-0.2, 0) is 0 Å². The van der Waals surface area contributed by atoms with Crippen molar-refractivity contribution in [2.45, 2.75) is 51.6 Å². The van der Waals surface area contributed by atoms with E-state index in [9.17, 15) is 0 Å². The Hall–Kier alpha value is -0.0800. The maximum Gasteiger partial charge on any atom is 0.0167 e. The molecule has 2 unspecified atom stereocenters. The van der Waals surface area contributed by atoms with Gasteiger partial charge in [-0.3, -0.25) is 4.90 Å². The van der Waals surface area contributed by atoms with Crippen LogP contribution in [0.15, 0.2) is 0 Å². The molecule has 2 fully saturated rings. The minimum absolute atomic E-state index is 0.319. The number of hydrogen-bond donors (Lipinski definition) is 0. The molecule has 0 bridgehead atoms. The number of likely N-dealkylation sites (tertiary alicyclic amines) is 1. The summed E-state index contributed by atoms with van der Waals surface area (Å²) in [5.41, 5.74) is 0.954. The molecule has 1 spiro atoms. The molecule has 88 valence electrons. The molecule has 0 aromatic rings. The van der Waals surface area contributed by atoms with E-state index < -0.39 is 0 Å². The first-order valence-electron chi connectivity index (χ1n) is 6.27. The normalized spacial score (nSPS) is 37.6. The predicted octanol–water partition coefficient (Wildman–Crippen LogP) is 2.20. The van der Waals surface area contributed by atoms with Crippen LogP contribution < -0.4 is 0 Å². The average Bonchev–Trinajstić information content (AvgIpc) is 2.46. The second-order valence-electron chi connectivity index (χ2n) is 6.69.